The maximum Gasteiger partial charge on any atom is 0.228 e. The Morgan fingerprint density at radius 1 is 1.48 bits per heavy atom. The molecule has 1 atom stereocenters. The SMILES string of the molecule is CCNC(=NCCc1nc(C(C)C)no1)N1CCSC(CC)C1. The van der Waals surface area contributed by atoms with E-state index >= 15 is 0 Å². The van der Waals surface area contributed by atoms with Crippen LogP contribution in [0.4, 0.5) is 0 Å². The van der Waals surface area contributed by atoms with Crippen LogP contribution in [0.25, 0.3) is 0 Å². The van der Waals surface area contributed by atoms with Gasteiger partial charge in [-0.2, -0.15) is 16.7 Å². The Morgan fingerprint density at radius 2 is 2.30 bits per heavy atom. The molecule has 0 spiro atoms. The summed E-state index contributed by atoms with van der Waals surface area (Å²) in [6.45, 7) is 12.2. The highest BCUT2D eigenvalue weighted by Gasteiger charge is 2.21. The highest BCUT2D eigenvalue weighted by molar-refractivity contribution is 8.00. The molecule has 1 fully saturated rings. The first-order valence-electron chi connectivity index (χ1n) is 8.61. The molecule has 1 aliphatic rings. The first-order valence-corrected chi connectivity index (χ1v) is 9.66. The topological polar surface area (TPSA) is 66.5 Å². The predicted molar refractivity (Wildman–Crippen MR) is 96.2 cm³/mol. The third-order valence-corrected chi connectivity index (χ3v) is 5.19. The van der Waals surface area contributed by atoms with Crippen molar-refractivity contribution < 1.29 is 4.52 Å². The van der Waals surface area contributed by atoms with Crippen molar-refractivity contribution in [2.75, 3.05) is 31.9 Å². The van der Waals surface area contributed by atoms with E-state index < -0.39 is 0 Å². The molecule has 1 saturated heterocycles. The number of hydrogen-bond donors (Lipinski definition) is 1. The van der Waals surface area contributed by atoms with Crippen molar-refractivity contribution >= 4 is 17.7 Å². The van der Waals surface area contributed by atoms with Gasteiger partial charge in [-0.05, 0) is 13.3 Å². The quantitative estimate of drug-likeness (QED) is 0.634. The lowest BCUT2D eigenvalue weighted by Gasteiger charge is -2.34. The molecule has 0 amide bonds. The van der Waals surface area contributed by atoms with Crippen LogP contribution in [0.2, 0.25) is 0 Å². The fourth-order valence-electron chi connectivity index (χ4n) is 2.45. The Bertz CT molecular complexity index is 502. The summed E-state index contributed by atoms with van der Waals surface area (Å²) in [6.07, 6.45) is 1.90. The van der Waals surface area contributed by atoms with Gasteiger partial charge < -0.3 is 14.7 Å². The zero-order valence-corrected chi connectivity index (χ0v) is 15.5. The molecule has 1 aromatic heterocycles. The molecule has 2 heterocycles. The van der Waals surface area contributed by atoms with Gasteiger partial charge in [-0.25, -0.2) is 0 Å². The number of hydrogen-bond acceptors (Lipinski definition) is 5. The second kappa shape index (κ2) is 9.15. The molecule has 0 aliphatic carbocycles. The van der Waals surface area contributed by atoms with Gasteiger partial charge in [0.15, 0.2) is 11.8 Å². The molecule has 1 aromatic rings. The van der Waals surface area contributed by atoms with E-state index in [-0.39, 0.29) is 0 Å². The number of nitrogens with zero attached hydrogens (tertiary/aromatic N) is 4. The number of aromatic nitrogens is 2. The zero-order valence-electron chi connectivity index (χ0n) is 14.7. The average molecular weight is 340 g/mol. The maximum absolute atomic E-state index is 5.28. The summed E-state index contributed by atoms with van der Waals surface area (Å²) in [5, 5.41) is 8.11. The molecule has 6 nitrogen and oxygen atoms in total. The fraction of sp³-hybridized carbons (Fsp3) is 0.812. The van der Waals surface area contributed by atoms with Crippen LogP contribution < -0.4 is 5.32 Å². The van der Waals surface area contributed by atoms with Gasteiger partial charge in [-0.15, -0.1) is 0 Å². The van der Waals surface area contributed by atoms with E-state index in [9.17, 15) is 0 Å². The largest absolute Gasteiger partial charge is 0.357 e. The summed E-state index contributed by atoms with van der Waals surface area (Å²) in [5.74, 6) is 3.92. The van der Waals surface area contributed by atoms with E-state index in [1.54, 1.807) is 0 Å². The van der Waals surface area contributed by atoms with E-state index in [2.05, 4.69) is 59.8 Å². The van der Waals surface area contributed by atoms with Crippen molar-refractivity contribution in [1.82, 2.24) is 20.4 Å². The van der Waals surface area contributed by atoms with Gasteiger partial charge in [0.05, 0.1) is 6.54 Å². The standard InChI is InChI=1S/C16H29N5OS/c1-5-13-11-21(9-10-23-13)16(17-6-2)18-8-7-14-19-15(12(3)4)20-22-14/h12-13H,5-11H2,1-4H3,(H,17,18). The van der Waals surface area contributed by atoms with E-state index in [0.717, 1.165) is 31.4 Å². The van der Waals surface area contributed by atoms with Crippen molar-refractivity contribution in [1.29, 1.82) is 0 Å². The molecule has 1 N–H and O–H groups in total. The summed E-state index contributed by atoms with van der Waals surface area (Å²) in [4.78, 5) is 11.5. The van der Waals surface area contributed by atoms with E-state index in [1.165, 1.54) is 12.2 Å². The van der Waals surface area contributed by atoms with Crippen LogP contribution in [0.15, 0.2) is 9.52 Å². The van der Waals surface area contributed by atoms with Crippen LogP contribution in [0.3, 0.4) is 0 Å². The molecular weight excluding hydrogens is 310 g/mol. The second-order valence-electron chi connectivity index (χ2n) is 6.03. The number of rotatable bonds is 6. The van der Waals surface area contributed by atoms with Crippen LogP contribution in [0.1, 0.15) is 51.7 Å². The minimum absolute atomic E-state index is 0.296. The van der Waals surface area contributed by atoms with E-state index in [4.69, 9.17) is 9.52 Å². The Kier molecular flexibility index (Phi) is 7.20. The molecule has 0 aromatic carbocycles. The minimum atomic E-state index is 0.296. The average Bonchev–Trinajstić information content (AvgIpc) is 3.03. The van der Waals surface area contributed by atoms with Gasteiger partial charge in [0, 0.05) is 43.0 Å². The van der Waals surface area contributed by atoms with E-state index in [0.29, 0.717) is 30.0 Å². The summed E-state index contributed by atoms with van der Waals surface area (Å²) in [7, 11) is 0. The highest BCUT2D eigenvalue weighted by atomic mass is 32.2. The van der Waals surface area contributed by atoms with Crippen LogP contribution in [-0.4, -0.2) is 58.2 Å². The minimum Gasteiger partial charge on any atom is -0.357 e. The number of aliphatic imine (C=N–C) groups is 1. The van der Waals surface area contributed by atoms with Crippen molar-refractivity contribution in [3.8, 4) is 0 Å². The molecule has 0 bridgehead atoms. The zero-order chi connectivity index (χ0) is 16.7. The molecule has 0 saturated carbocycles. The molecule has 7 heteroatoms. The molecule has 23 heavy (non-hydrogen) atoms. The summed E-state index contributed by atoms with van der Waals surface area (Å²) in [6, 6.07) is 0. The van der Waals surface area contributed by atoms with Gasteiger partial charge in [-0.1, -0.05) is 25.9 Å². The third-order valence-electron chi connectivity index (χ3n) is 3.82. The first-order chi connectivity index (χ1) is 11.1. The molecular formula is C16H29N5OS. The van der Waals surface area contributed by atoms with E-state index in [1.807, 2.05) is 0 Å². The van der Waals surface area contributed by atoms with Crippen LogP contribution in [0.5, 0.6) is 0 Å². The molecule has 1 aliphatic heterocycles. The monoisotopic (exact) mass is 339 g/mol. The van der Waals surface area contributed by atoms with Crippen molar-refractivity contribution in [2.45, 2.75) is 51.7 Å². The van der Waals surface area contributed by atoms with Gasteiger partial charge >= 0.3 is 0 Å². The third kappa shape index (κ3) is 5.41. The highest BCUT2D eigenvalue weighted by Crippen LogP contribution is 2.21. The predicted octanol–water partition coefficient (Wildman–Crippen LogP) is 2.53. The van der Waals surface area contributed by atoms with Gasteiger partial charge in [-0.3, -0.25) is 4.99 Å². The van der Waals surface area contributed by atoms with Crippen LogP contribution in [0, 0.1) is 0 Å². The smallest absolute Gasteiger partial charge is 0.228 e. The molecule has 0 radical (unpaired) electrons. The number of guanidine groups is 1. The van der Waals surface area contributed by atoms with Crippen molar-refractivity contribution in [2.24, 2.45) is 4.99 Å². The number of nitrogens with one attached hydrogen (secondary N) is 1. The Morgan fingerprint density at radius 3 is 2.96 bits per heavy atom. The molecule has 1 unspecified atom stereocenters. The fourth-order valence-corrected chi connectivity index (χ4v) is 3.63. The van der Waals surface area contributed by atoms with Gasteiger partial charge in [0.2, 0.25) is 5.89 Å². The summed E-state index contributed by atoms with van der Waals surface area (Å²) < 4.78 is 5.28. The van der Waals surface area contributed by atoms with Gasteiger partial charge in [0.1, 0.15) is 0 Å². The molecule has 2 rings (SSSR count). The van der Waals surface area contributed by atoms with Crippen molar-refractivity contribution in [3.63, 3.8) is 0 Å². The summed E-state index contributed by atoms with van der Waals surface area (Å²) >= 11 is 2.07. The van der Waals surface area contributed by atoms with Crippen molar-refractivity contribution in [3.05, 3.63) is 11.7 Å². The van der Waals surface area contributed by atoms with Crippen LogP contribution in [-0.2, 0) is 6.42 Å². The summed E-state index contributed by atoms with van der Waals surface area (Å²) in [5.41, 5.74) is 0. The van der Waals surface area contributed by atoms with Gasteiger partial charge in [0.25, 0.3) is 0 Å². The lowest BCUT2D eigenvalue weighted by atomic mass is 10.2. The lowest BCUT2D eigenvalue weighted by molar-refractivity contribution is 0.371. The lowest BCUT2D eigenvalue weighted by Crippen LogP contribution is -2.48. The number of thioether (sulfide) groups is 1. The van der Waals surface area contributed by atoms with Crippen LogP contribution >= 0.6 is 11.8 Å². The maximum atomic E-state index is 5.28. The Balaban J connectivity index is 1.92. The molecule has 130 valence electrons. The second-order valence-corrected chi connectivity index (χ2v) is 7.44. The normalized spacial score (nSPS) is 19.4. The first kappa shape index (κ1) is 18.1. The Hall–Kier alpha value is -1.24. The Labute approximate surface area is 143 Å².